The summed E-state index contributed by atoms with van der Waals surface area (Å²) in [7, 11) is 0. The van der Waals surface area contributed by atoms with Crippen LogP contribution in [0.3, 0.4) is 0 Å². The zero-order chi connectivity index (χ0) is 17.1. The van der Waals surface area contributed by atoms with Gasteiger partial charge < -0.3 is 9.84 Å². The average molecular weight is 324 g/mol. The minimum Gasteiger partial charge on any atom is -0.488 e. The van der Waals surface area contributed by atoms with Crippen LogP contribution in [-0.2, 0) is 13.0 Å². The van der Waals surface area contributed by atoms with Crippen LogP contribution in [0.1, 0.15) is 55.0 Å². The molecule has 2 aromatic rings. The van der Waals surface area contributed by atoms with Crippen molar-refractivity contribution in [2.24, 2.45) is 11.8 Å². The molecule has 2 heteroatoms. The van der Waals surface area contributed by atoms with E-state index in [0.29, 0.717) is 18.4 Å². The Morgan fingerprint density at radius 1 is 1.12 bits per heavy atom. The second kappa shape index (κ2) is 7.40. The van der Waals surface area contributed by atoms with Gasteiger partial charge in [-0.1, -0.05) is 56.3 Å². The number of aryl methyl sites for hydroxylation is 1. The Morgan fingerprint density at radius 3 is 2.58 bits per heavy atom. The molecule has 0 spiro atoms. The second-order valence-electron chi connectivity index (χ2n) is 7.43. The molecule has 1 aliphatic rings. The Labute approximate surface area is 145 Å². The van der Waals surface area contributed by atoms with E-state index in [0.717, 1.165) is 36.1 Å². The van der Waals surface area contributed by atoms with Gasteiger partial charge in [0.15, 0.2) is 0 Å². The predicted octanol–water partition coefficient (Wildman–Crippen LogP) is 5.22. The number of hydrogen-bond donors (Lipinski definition) is 1. The summed E-state index contributed by atoms with van der Waals surface area (Å²) < 4.78 is 6.17. The molecule has 1 N–H and O–H groups in total. The van der Waals surface area contributed by atoms with E-state index in [9.17, 15) is 5.11 Å². The first-order valence-electron chi connectivity index (χ1n) is 9.03. The van der Waals surface area contributed by atoms with Crippen LogP contribution in [0, 0.1) is 18.8 Å². The van der Waals surface area contributed by atoms with E-state index in [1.165, 1.54) is 11.1 Å². The van der Waals surface area contributed by atoms with Crippen LogP contribution in [-0.4, -0.2) is 5.11 Å². The monoisotopic (exact) mass is 324 g/mol. The van der Waals surface area contributed by atoms with Gasteiger partial charge in [-0.2, -0.15) is 0 Å². The summed E-state index contributed by atoms with van der Waals surface area (Å²) in [5.74, 6) is 1.95. The molecule has 2 nitrogen and oxygen atoms in total. The number of hydrogen-bond acceptors (Lipinski definition) is 2. The molecule has 0 fully saturated rings. The molecule has 3 rings (SSSR count). The lowest BCUT2D eigenvalue weighted by atomic mass is 9.77. The first-order valence-corrected chi connectivity index (χ1v) is 9.03. The molecular weight excluding hydrogens is 296 g/mol. The largest absolute Gasteiger partial charge is 0.488 e. The Bertz CT molecular complexity index is 676. The van der Waals surface area contributed by atoms with Crippen molar-refractivity contribution in [1.29, 1.82) is 0 Å². The Kier molecular flexibility index (Phi) is 5.25. The van der Waals surface area contributed by atoms with E-state index in [1.807, 2.05) is 18.2 Å². The minimum atomic E-state index is -0.365. The summed E-state index contributed by atoms with van der Waals surface area (Å²) >= 11 is 0. The van der Waals surface area contributed by atoms with Crippen LogP contribution >= 0.6 is 0 Å². The lowest BCUT2D eigenvalue weighted by molar-refractivity contribution is 0.0800. The maximum absolute atomic E-state index is 10.8. The fourth-order valence-electron chi connectivity index (χ4n) is 3.82. The zero-order valence-electron chi connectivity index (χ0n) is 15.0. The number of benzene rings is 2. The number of fused-ring (bicyclic) bond motifs is 1. The minimum absolute atomic E-state index is 0.363. The normalized spacial score (nSPS) is 20.0. The molecule has 0 radical (unpaired) electrons. The molecule has 2 unspecified atom stereocenters. The van der Waals surface area contributed by atoms with Crippen molar-refractivity contribution in [3.8, 4) is 5.75 Å². The van der Waals surface area contributed by atoms with E-state index in [1.54, 1.807) is 0 Å². The topological polar surface area (TPSA) is 29.5 Å². The molecule has 0 aromatic heterocycles. The van der Waals surface area contributed by atoms with Crippen molar-refractivity contribution in [2.75, 3.05) is 0 Å². The number of ether oxygens (including phenoxy) is 1. The molecule has 24 heavy (non-hydrogen) atoms. The molecule has 0 heterocycles. The van der Waals surface area contributed by atoms with E-state index >= 15 is 0 Å². The summed E-state index contributed by atoms with van der Waals surface area (Å²) in [6, 6.07) is 14.4. The Morgan fingerprint density at radius 2 is 1.88 bits per heavy atom. The molecule has 0 saturated carbocycles. The van der Waals surface area contributed by atoms with Gasteiger partial charge in [-0.15, -0.1) is 0 Å². The van der Waals surface area contributed by atoms with Gasteiger partial charge in [0, 0.05) is 5.56 Å². The number of rotatable bonds is 5. The highest BCUT2D eigenvalue weighted by Crippen LogP contribution is 2.42. The summed E-state index contributed by atoms with van der Waals surface area (Å²) in [5, 5.41) is 10.8. The molecule has 0 aliphatic heterocycles. The van der Waals surface area contributed by atoms with Gasteiger partial charge in [0.2, 0.25) is 0 Å². The van der Waals surface area contributed by atoms with Gasteiger partial charge in [-0.25, -0.2) is 0 Å². The van der Waals surface area contributed by atoms with Gasteiger partial charge >= 0.3 is 0 Å². The van der Waals surface area contributed by atoms with Gasteiger partial charge in [0.05, 0.1) is 6.10 Å². The third-order valence-electron chi connectivity index (χ3n) is 5.02. The zero-order valence-corrected chi connectivity index (χ0v) is 15.0. The predicted molar refractivity (Wildman–Crippen MR) is 98.2 cm³/mol. The van der Waals surface area contributed by atoms with Crippen LogP contribution in [0.5, 0.6) is 5.75 Å². The van der Waals surface area contributed by atoms with Gasteiger partial charge in [0.25, 0.3) is 0 Å². The molecule has 0 saturated heterocycles. The van der Waals surface area contributed by atoms with Crippen LogP contribution in [0.25, 0.3) is 0 Å². The molecule has 0 amide bonds. The molecule has 1 aliphatic carbocycles. The maximum Gasteiger partial charge on any atom is 0.126 e. The SMILES string of the molecule is Cc1ccc2c(c1OCc1ccccc1)CCC(CC(C)C)C2O. The van der Waals surface area contributed by atoms with Crippen LogP contribution < -0.4 is 4.74 Å². The van der Waals surface area contributed by atoms with Gasteiger partial charge in [-0.3, -0.25) is 0 Å². The van der Waals surface area contributed by atoms with Crippen LogP contribution in [0.15, 0.2) is 42.5 Å². The fourth-order valence-corrected chi connectivity index (χ4v) is 3.82. The third-order valence-corrected chi connectivity index (χ3v) is 5.02. The van der Waals surface area contributed by atoms with E-state index in [-0.39, 0.29) is 6.10 Å². The lowest BCUT2D eigenvalue weighted by Crippen LogP contribution is -2.23. The molecule has 2 atom stereocenters. The van der Waals surface area contributed by atoms with Gasteiger partial charge in [-0.05, 0) is 54.7 Å². The smallest absolute Gasteiger partial charge is 0.126 e. The van der Waals surface area contributed by atoms with Crippen molar-refractivity contribution in [1.82, 2.24) is 0 Å². The highest BCUT2D eigenvalue weighted by atomic mass is 16.5. The van der Waals surface area contributed by atoms with Crippen molar-refractivity contribution in [2.45, 2.75) is 52.7 Å². The Balaban J connectivity index is 1.83. The van der Waals surface area contributed by atoms with Crippen molar-refractivity contribution < 1.29 is 9.84 Å². The molecule has 128 valence electrons. The third kappa shape index (κ3) is 3.64. The van der Waals surface area contributed by atoms with Crippen molar-refractivity contribution in [3.63, 3.8) is 0 Å². The Hall–Kier alpha value is -1.80. The molecule has 2 aromatic carbocycles. The first kappa shape index (κ1) is 17.0. The first-order chi connectivity index (χ1) is 11.6. The number of aliphatic hydroxyl groups excluding tert-OH is 1. The van der Waals surface area contributed by atoms with Crippen molar-refractivity contribution >= 4 is 0 Å². The second-order valence-corrected chi connectivity index (χ2v) is 7.43. The van der Waals surface area contributed by atoms with Crippen LogP contribution in [0.4, 0.5) is 0 Å². The average Bonchev–Trinajstić information content (AvgIpc) is 2.57. The van der Waals surface area contributed by atoms with E-state index in [4.69, 9.17) is 4.74 Å². The highest BCUT2D eigenvalue weighted by Gasteiger charge is 2.30. The molecule has 0 bridgehead atoms. The van der Waals surface area contributed by atoms with E-state index < -0.39 is 0 Å². The summed E-state index contributed by atoms with van der Waals surface area (Å²) in [4.78, 5) is 0. The summed E-state index contributed by atoms with van der Waals surface area (Å²) in [6.07, 6.45) is 2.75. The van der Waals surface area contributed by atoms with Crippen LogP contribution in [0.2, 0.25) is 0 Å². The molecular formula is C22H28O2. The van der Waals surface area contributed by atoms with E-state index in [2.05, 4.69) is 45.0 Å². The standard InChI is InChI=1S/C22H28O2/c1-15(2)13-18-10-12-20-19(21(18)23)11-9-16(3)22(20)24-14-17-7-5-4-6-8-17/h4-9,11,15,18,21,23H,10,12-14H2,1-3H3. The highest BCUT2D eigenvalue weighted by molar-refractivity contribution is 5.48. The number of aliphatic hydroxyl groups is 1. The summed E-state index contributed by atoms with van der Waals surface area (Å²) in [6.45, 7) is 7.12. The lowest BCUT2D eigenvalue weighted by Gasteiger charge is -2.32. The quantitative estimate of drug-likeness (QED) is 0.817. The maximum atomic E-state index is 10.8. The van der Waals surface area contributed by atoms with Gasteiger partial charge in [0.1, 0.15) is 12.4 Å². The fraction of sp³-hybridized carbons (Fsp3) is 0.455. The summed E-state index contributed by atoms with van der Waals surface area (Å²) in [5.41, 5.74) is 4.60. The van der Waals surface area contributed by atoms with Crippen molar-refractivity contribution in [3.05, 3.63) is 64.7 Å².